The molecular weight excluding hydrogens is 232 g/mol. The van der Waals surface area contributed by atoms with Crippen LogP contribution in [0.3, 0.4) is 0 Å². The van der Waals surface area contributed by atoms with E-state index in [4.69, 9.17) is 0 Å². The molecule has 1 aromatic carbocycles. The van der Waals surface area contributed by atoms with Gasteiger partial charge in [0, 0.05) is 0 Å². The zero-order valence-corrected chi connectivity index (χ0v) is 8.36. The fourth-order valence-electron chi connectivity index (χ4n) is 1.27. The van der Waals surface area contributed by atoms with Crippen molar-refractivity contribution in [3.8, 4) is 17.2 Å². The summed E-state index contributed by atoms with van der Waals surface area (Å²) in [6, 6.07) is 3.84. The third-order valence-corrected chi connectivity index (χ3v) is 2.15. The average molecular weight is 240 g/mol. The van der Waals surface area contributed by atoms with Crippen LogP contribution in [0.25, 0.3) is 0 Å². The quantitative estimate of drug-likeness (QED) is 0.391. The van der Waals surface area contributed by atoms with E-state index in [1.54, 1.807) is 0 Å². The number of carbonyl (C=O) groups is 2. The SMILES string of the molecule is O=C1Oc2cccc(O)c2OC(=O)C(O)C1O. The van der Waals surface area contributed by atoms with E-state index in [1.807, 2.05) is 0 Å². The molecule has 0 saturated carbocycles. The van der Waals surface area contributed by atoms with Crippen LogP contribution in [0.2, 0.25) is 0 Å². The van der Waals surface area contributed by atoms with Crippen LogP contribution in [0.4, 0.5) is 0 Å². The van der Waals surface area contributed by atoms with E-state index in [2.05, 4.69) is 9.47 Å². The topological polar surface area (TPSA) is 113 Å². The highest BCUT2D eigenvalue weighted by molar-refractivity contribution is 5.89. The fourth-order valence-corrected chi connectivity index (χ4v) is 1.27. The number of aliphatic hydroxyl groups excluding tert-OH is 2. The first-order valence-corrected chi connectivity index (χ1v) is 4.62. The van der Waals surface area contributed by atoms with Gasteiger partial charge in [-0.1, -0.05) is 6.07 Å². The van der Waals surface area contributed by atoms with Gasteiger partial charge >= 0.3 is 11.9 Å². The molecule has 7 nitrogen and oxygen atoms in total. The minimum atomic E-state index is -2.06. The monoisotopic (exact) mass is 240 g/mol. The number of phenolic OH excluding ortho intramolecular Hbond substituents is 1. The van der Waals surface area contributed by atoms with Gasteiger partial charge in [-0.15, -0.1) is 0 Å². The number of hydrogen-bond acceptors (Lipinski definition) is 7. The Balaban J connectivity index is 2.49. The van der Waals surface area contributed by atoms with Crippen molar-refractivity contribution in [3.63, 3.8) is 0 Å². The molecule has 2 atom stereocenters. The number of benzene rings is 1. The van der Waals surface area contributed by atoms with Crippen molar-refractivity contribution < 1.29 is 34.4 Å². The van der Waals surface area contributed by atoms with Crippen molar-refractivity contribution in [2.24, 2.45) is 0 Å². The van der Waals surface area contributed by atoms with Crippen LogP contribution < -0.4 is 9.47 Å². The lowest BCUT2D eigenvalue weighted by Gasteiger charge is -2.20. The predicted molar refractivity (Wildman–Crippen MR) is 51.4 cm³/mol. The van der Waals surface area contributed by atoms with Gasteiger partial charge in [-0.05, 0) is 12.1 Å². The lowest BCUT2D eigenvalue weighted by atomic mass is 10.2. The van der Waals surface area contributed by atoms with Crippen molar-refractivity contribution in [3.05, 3.63) is 18.2 Å². The first kappa shape index (κ1) is 11.4. The molecule has 1 heterocycles. The normalized spacial score (nSPS) is 24.1. The molecular formula is C10H8O7. The minimum absolute atomic E-state index is 0.214. The van der Waals surface area contributed by atoms with Gasteiger partial charge in [0.2, 0.25) is 5.75 Å². The average Bonchev–Trinajstić information content (AvgIpc) is 2.30. The molecule has 0 aromatic heterocycles. The Morgan fingerprint density at radius 3 is 2.24 bits per heavy atom. The maximum absolute atomic E-state index is 11.3. The van der Waals surface area contributed by atoms with Gasteiger partial charge in [0.05, 0.1) is 0 Å². The summed E-state index contributed by atoms with van der Waals surface area (Å²) in [5.41, 5.74) is 0. The molecule has 0 amide bonds. The second kappa shape index (κ2) is 4.04. The molecule has 3 N–H and O–H groups in total. The van der Waals surface area contributed by atoms with Gasteiger partial charge in [0.15, 0.2) is 23.7 Å². The molecule has 7 heteroatoms. The van der Waals surface area contributed by atoms with Gasteiger partial charge in [-0.25, -0.2) is 9.59 Å². The molecule has 0 radical (unpaired) electrons. The molecule has 0 fully saturated rings. The highest BCUT2D eigenvalue weighted by atomic mass is 16.6. The molecule has 90 valence electrons. The second-order valence-electron chi connectivity index (χ2n) is 3.34. The molecule has 1 aliphatic heterocycles. The third-order valence-electron chi connectivity index (χ3n) is 2.15. The Kier molecular flexibility index (Phi) is 2.70. The number of esters is 2. The van der Waals surface area contributed by atoms with Crippen LogP contribution in [-0.2, 0) is 9.59 Å². The molecule has 0 aliphatic carbocycles. The van der Waals surface area contributed by atoms with E-state index in [9.17, 15) is 24.9 Å². The third kappa shape index (κ3) is 1.93. The van der Waals surface area contributed by atoms with Crippen LogP contribution in [0.5, 0.6) is 17.2 Å². The zero-order valence-electron chi connectivity index (χ0n) is 8.36. The summed E-state index contributed by atoms with van der Waals surface area (Å²) in [5.74, 6) is -3.48. The van der Waals surface area contributed by atoms with E-state index in [0.29, 0.717) is 0 Å². The molecule has 1 aromatic rings. The largest absolute Gasteiger partial charge is 0.504 e. The van der Waals surface area contributed by atoms with Crippen molar-refractivity contribution in [2.45, 2.75) is 12.2 Å². The van der Waals surface area contributed by atoms with Gasteiger partial charge in [0.25, 0.3) is 0 Å². The number of ether oxygens (including phenoxy) is 2. The Labute approximate surface area is 94.8 Å². The number of phenols is 1. The van der Waals surface area contributed by atoms with Crippen LogP contribution in [0, 0.1) is 0 Å². The molecule has 1 aliphatic rings. The number of aromatic hydroxyl groups is 1. The van der Waals surface area contributed by atoms with Crippen molar-refractivity contribution >= 4 is 11.9 Å². The van der Waals surface area contributed by atoms with Crippen LogP contribution in [0.1, 0.15) is 0 Å². The molecule has 17 heavy (non-hydrogen) atoms. The number of fused-ring (bicyclic) bond motifs is 1. The fraction of sp³-hybridized carbons (Fsp3) is 0.200. The standard InChI is InChI=1S/C10H8O7/c11-4-2-1-3-5-8(4)17-10(15)7(13)6(12)9(14)16-5/h1-3,6-7,11-13H. The maximum atomic E-state index is 11.3. The van der Waals surface area contributed by atoms with Crippen molar-refractivity contribution in [1.82, 2.24) is 0 Å². The lowest BCUT2D eigenvalue weighted by molar-refractivity contribution is -0.164. The van der Waals surface area contributed by atoms with Crippen LogP contribution >= 0.6 is 0 Å². The van der Waals surface area contributed by atoms with E-state index in [0.717, 1.165) is 0 Å². The van der Waals surface area contributed by atoms with E-state index in [1.165, 1.54) is 18.2 Å². The smallest absolute Gasteiger partial charge is 0.344 e. The molecule has 2 rings (SSSR count). The summed E-state index contributed by atoms with van der Waals surface area (Å²) < 4.78 is 9.28. The van der Waals surface area contributed by atoms with Crippen LogP contribution in [0.15, 0.2) is 18.2 Å². The predicted octanol–water partition coefficient (Wildman–Crippen LogP) is -1.06. The minimum Gasteiger partial charge on any atom is -0.504 e. The zero-order chi connectivity index (χ0) is 12.6. The Morgan fingerprint density at radius 2 is 1.59 bits per heavy atom. The Bertz CT molecular complexity index is 482. The second-order valence-corrected chi connectivity index (χ2v) is 3.34. The summed E-state index contributed by atoms with van der Waals surface area (Å²) in [7, 11) is 0. The lowest BCUT2D eigenvalue weighted by Crippen LogP contribution is -2.45. The first-order chi connectivity index (χ1) is 8.00. The van der Waals surface area contributed by atoms with Gasteiger partial charge in [0.1, 0.15) is 0 Å². The number of hydrogen-bond donors (Lipinski definition) is 3. The number of carbonyl (C=O) groups excluding carboxylic acids is 2. The van der Waals surface area contributed by atoms with Gasteiger partial charge in [-0.2, -0.15) is 0 Å². The number of aliphatic hydroxyl groups is 2. The summed E-state index contributed by atoms with van der Waals surface area (Å²) in [4.78, 5) is 22.6. The van der Waals surface area contributed by atoms with Gasteiger partial charge < -0.3 is 24.8 Å². The Morgan fingerprint density at radius 1 is 1.00 bits per heavy atom. The molecule has 0 spiro atoms. The molecule has 0 saturated heterocycles. The van der Waals surface area contributed by atoms with Crippen molar-refractivity contribution in [1.29, 1.82) is 0 Å². The van der Waals surface area contributed by atoms with E-state index < -0.39 is 29.9 Å². The summed E-state index contributed by atoms with van der Waals surface area (Å²) >= 11 is 0. The summed E-state index contributed by atoms with van der Waals surface area (Å²) in [5, 5.41) is 27.9. The molecule has 0 bridgehead atoms. The Hall–Kier alpha value is -2.12. The van der Waals surface area contributed by atoms with E-state index >= 15 is 0 Å². The number of para-hydroxylation sites is 1. The first-order valence-electron chi connectivity index (χ1n) is 4.62. The maximum Gasteiger partial charge on any atom is 0.344 e. The number of rotatable bonds is 0. The van der Waals surface area contributed by atoms with E-state index in [-0.39, 0.29) is 11.5 Å². The molecule has 2 unspecified atom stereocenters. The highest BCUT2D eigenvalue weighted by Gasteiger charge is 2.37. The van der Waals surface area contributed by atoms with Crippen molar-refractivity contribution in [2.75, 3.05) is 0 Å². The summed E-state index contributed by atoms with van der Waals surface area (Å²) in [6.45, 7) is 0. The van der Waals surface area contributed by atoms with Crippen LogP contribution in [-0.4, -0.2) is 39.5 Å². The highest BCUT2D eigenvalue weighted by Crippen LogP contribution is 2.37. The summed E-state index contributed by atoms with van der Waals surface area (Å²) in [6.07, 6.45) is -4.09. The van der Waals surface area contributed by atoms with Gasteiger partial charge in [-0.3, -0.25) is 0 Å².